The Labute approximate surface area is 109 Å². The second-order valence-electron chi connectivity index (χ2n) is 5.01. The lowest BCUT2D eigenvalue weighted by Crippen LogP contribution is -2.42. The van der Waals surface area contributed by atoms with Gasteiger partial charge in [0.1, 0.15) is 0 Å². The smallest absolute Gasteiger partial charge is 0.242 e. The van der Waals surface area contributed by atoms with E-state index in [0.717, 1.165) is 24.9 Å². The van der Waals surface area contributed by atoms with Crippen LogP contribution < -0.4 is 5.32 Å². The van der Waals surface area contributed by atoms with E-state index in [1.807, 2.05) is 30.3 Å². The van der Waals surface area contributed by atoms with Crippen LogP contribution in [-0.4, -0.2) is 29.4 Å². The number of benzene rings is 1. The van der Waals surface area contributed by atoms with Crippen molar-refractivity contribution in [1.82, 2.24) is 4.90 Å². The van der Waals surface area contributed by atoms with Gasteiger partial charge in [-0.05, 0) is 38.3 Å². The van der Waals surface area contributed by atoms with E-state index in [1.54, 1.807) is 0 Å². The summed E-state index contributed by atoms with van der Waals surface area (Å²) in [6, 6.07) is 10.7. The molecule has 0 aliphatic carbocycles. The van der Waals surface area contributed by atoms with Crippen molar-refractivity contribution in [3.05, 3.63) is 30.3 Å². The van der Waals surface area contributed by atoms with Gasteiger partial charge in [0.2, 0.25) is 5.91 Å². The Hall–Kier alpha value is -1.51. The average molecular weight is 246 g/mol. The molecule has 18 heavy (non-hydrogen) atoms. The van der Waals surface area contributed by atoms with Gasteiger partial charge in [-0.15, -0.1) is 0 Å². The number of likely N-dealkylation sites (tertiary alicyclic amines) is 1. The summed E-state index contributed by atoms with van der Waals surface area (Å²) < 4.78 is 0. The third kappa shape index (κ3) is 2.84. The van der Waals surface area contributed by atoms with E-state index in [9.17, 15) is 4.79 Å². The summed E-state index contributed by atoms with van der Waals surface area (Å²) in [7, 11) is 0. The van der Waals surface area contributed by atoms with Crippen LogP contribution in [0, 0.1) is 0 Å². The molecule has 1 aliphatic rings. The molecule has 1 aromatic carbocycles. The van der Waals surface area contributed by atoms with Crippen molar-refractivity contribution in [2.24, 2.45) is 0 Å². The molecular weight excluding hydrogens is 224 g/mol. The number of nitrogens with zero attached hydrogens (tertiary/aromatic N) is 1. The molecule has 1 fully saturated rings. The van der Waals surface area contributed by atoms with Gasteiger partial charge in [0, 0.05) is 17.8 Å². The van der Waals surface area contributed by atoms with Crippen molar-refractivity contribution in [1.29, 1.82) is 0 Å². The lowest BCUT2D eigenvalue weighted by Gasteiger charge is -2.28. The highest BCUT2D eigenvalue weighted by atomic mass is 16.2. The molecule has 98 valence electrons. The predicted octanol–water partition coefficient (Wildman–Crippen LogP) is 2.89. The molecule has 2 rings (SSSR count). The van der Waals surface area contributed by atoms with Crippen LogP contribution in [0.25, 0.3) is 0 Å². The third-order valence-corrected chi connectivity index (χ3v) is 3.76. The minimum absolute atomic E-state index is 0.218. The zero-order valence-electron chi connectivity index (χ0n) is 11.2. The minimum Gasteiger partial charge on any atom is -0.376 e. The highest BCUT2D eigenvalue weighted by Gasteiger charge is 2.32. The first-order chi connectivity index (χ1) is 8.72. The number of anilines is 1. The second-order valence-corrected chi connectivity index (χ2v) is 5.01. The second kappa shape index (κ2) is 5.89. The number of carbonyl (C=O) groups excluding carboxylic acids is 1. The molecular formula is C15H22N2O. The van der Waals surface area contributed by atoms with Crippen molar-refractivity contribution in [2.45, 2.75) is 45.2 Å². The molecule has 1 aliphatic heterocycles. The van der Waals surface area contributed by atoms with Gasteiger partial charge in [-0.1, -0.05) is 25.1 Å². The maximum absolute atomic E-state index is 12.3. The molecule has 2 atom stereocenters. The van der Waals surface area contributed by atoms with Gasteiger partial charge >= 0.3 is 0 Å². The largest absolute Gasteiger partial charge is 0.376 e. The minimum atomic E-state index is 0.218. The van der Waals surface area contributed by atoms with Crippen LogP contribution in [0.3, 0.4) is 0 Å². The Morgan fingerprint density at radius 3 is 2.72 bits per heavy atom. The van der Waals surface area contributed by atoms with Crippen LogP contribution in [0.2, 0.25) is 0 Å². The fourth-order valence-corrected chi connectivity index (χ4v) is 2.75. The molecule has 0 aromatic heterocycles. The molecule has 0 spiro atoms. The fourth-order valence-electron chi connectivity index (χ4n) is 2.75. The first kappa shape index (κ1) is 12.9. The van der Waals surface area contributed by atoms with Gasteiger partial charge in [-0.3, -0.25) is 4.79 Å². The zero-order valence-corrected chi connectivity index (χ0v) is 11.2. The number of amides is 1. The summed E-state index contributed by atoms with van der Waals surface area (Å²) in [5.74, 6) is 0.218. The molecule has 3 heteroatoms. The molecule has 0 radical (unpaired) electrons. The van der Waals surface area contributed by atoms with E-state index in [2.05, 4.69) is 24.1 Å². The molecule has 1 N–H and O–H groups in total. The number of hydrogen-bond acceptors (Lipinski definition) is 2. The summed E-state index contributed by atoms with van der Waals surface area (Å²) in [6.07, 6.45) is 3.34. The summed E-state index contributed by atoms with van der Waals surface area (Å²) in [5.41, 5.74) is 1.01. The standard InChI is InChI=1S/C15H22N2O/c1-3-14-10-9-12(2)17(14)15(18)11-16-13-7-5-4-6-8-13/h4-8,12,14,16H,3,9-11H2,1-2H3. The van der Waals surface area contributed by atoms with Crippen molar-refractivity contribution in [3.8, 4) is 0 Å². The lowest BCUT2D eigenvalue weighted by molar-refractivity contribution is -0.131. The first-order valence-corrected chi connectivity index (χ1v) is 6.82. The molecule has 1 aromatic rings. The van der Waals surface area contributed by atoms with Gasteiger partial charge in [0.15, 0.2) is 0 Å². The number of para-hydroxylation sites is 1. The lowest BCUT2D eigenvalue weighted by atomic mass is 10.1. The fraction of sp³-hybridized carbons (Fsp3) is 0.533. The van der Waals surface area contributed by atoms with E-state index in [-0.39, 0.29) is 5.91 Å². The van der Waals surface area contributed by atoms with Crippen LogP contribution in [0.1, 0.15) is 33.1 Å². The molecule has 1 amide bonds. The molecule has 0 saturated carbocycles. The zero-order chi connectivity index (χ0) is 13.0. The number of hydrogen-bond donors (Lipinski definition) is 1. The van der Waals surface area contributed by atoms with E-state index in [4.69, 9.17) is 0 Å². The van der Waals surface area contributed by atoms with Gasteiger partial charge in [0.05, 0.1) is 6.54 Å². The van der Waals surface area contributed by atoms with Crippen molar-refractivity contribution in [2.75, 3.05) is 11.9 Å². The summed E-state index contributed by atoms with van der Waals surface area (Å²) in [4.78, 5) is 14.3. The van der Waals surface area contributed by atoms with Crippen molar-refractivity contribution in [3.63, 3.8) is 0 Å². The molecule has 2 unspecified atom stereocenters. The third-order valence-electron chi connectivity index (χ3n) is 3.76. The first-order valence-electron chi connectivity index (χ1n) is 6.82. The van der Waals surface area contributed by atoms with Crippen LogP contribution in [0.5, 0.6) is 0 Å². The highest BCUT2D eigenvalue weighted by Crippen LogP contribution is 2.25. The normalized spacial score (nSPS) is 23.1. The summed E-state index contributed by atoms with van der Waals surface area (Å²) in [5, 5.41) is 3.20. The predicted molar refractivity (Wildman–Crippen MR) is 74.6 cm³/mol. The van der Waals surface area contributed by atoms with Gasteiger partial charge < -0.3 is 10.2 Å². The van der Waals surface area contributed by atoms with Gasteiger partial charge in [0.25, 0.3) is 0 Å². The van der Waals surface area contributed by atoms with Crippen LogP contribution in [0.15, 0.2) is 30.3 Å². The Morgan fingerprint density at radius 1 is 1.33 bits per heavy atom. The van der Waals surface area contributed by atoms with E-state index < -0.39 is 0 Å². The van der Waals surface area contributed by atoms with E-state index >= 15 is 0 Å². The van der Waals surface area contributed by atoms with Crippen LogP contribution in [0.4, 0.5) is 5.69 Å². The van der Waals surface area contributed by atoms with Gasteiger partial charge in [-0.2, -0.15) is 0 Å². The maximum Gasteiger partial charge on any atom is 0.242 e. The average Bonchev–Trinajstić information content (AvgIpc) is 2.78. The molecule has 1 saturated heterocycles. The van der Waals surface area contributed by atoms with E-state index in [0.29, 0.717) is 18.6 Å². The van der Waals surface area contributed by atoms with Crippen LogP contribution in [-0.2, 0) is 4.79 Å². The summed E-state index contributed by atoms with van der Waals surface area (Å²) >= 11 is 0. The Kier molecular flexibility index (Phi) is 4.24. The highest BCUT2D eigenvalue weighted by molar-refractivity contribution is 5.81. The molecule has 0 bridgehead atoms. The Morgan fingerprint density at radius 2 is 2.06 bits per heavy atom. The van der Waals surface area contributed by atoms with Crippen LogP contribution >= 0.6 is 0 Å². The van der Waals surface area contributed by atoms with Gasteiger partial charge in [-0.25, -0.2) is 0 Å². The maximum atomic E-state index is 12.3. The van der Waals surface area contributed by atoms with Crippen molar-refractivity contribution < 1.29 is 4.79 Å². The Bertz CT molecular complexity index is 391. The monoisotopic (exact) mass is 246 g/mol. The Balaban J connectivity index is 1.91. The van der Waals surface area contributed by atoms with Crippen molar-refractivity contribution >= 4 is 11.6 Å². The SMILES string of the molecule is CCC1CCC(C)N1C(=O)CNc1ccccc1. The summed E-state index contributed by atoms with van der Waals surface area (Å²) in [6.45, 7) is 4.70. The van der Waals surface area contributed by atoms with E-state index in [1.165, 1.54) is 0 Å². The molecule has 1 heterocycles. The number of nitrogens with one attached hydrogen (secondary N) is 1. The quantitative estimate of drug-likeness (QED) is 0.886. The number of carbonyl (C=O) groups is 1. The molecule has 3 nitrogen and oxygen atoms in total. The topological polar surface area (TPSA) is 32.3 Å². The number of rotatable bonds is 4.